The van der Waals surface area contributed by atoms with Crippen LogP contribution in [0.25, 0.3) is 0 Å². The minimum atomic E-state index is -0.155. The number of unbranched alkanes of at least 4 members (excludes halogenated alkanes) is 1. The van der Waals surface area contributed by atoms with Gasteiger partial charge in [-0.25, -0.2) is 4.39 Å². The normalized spacial score (nSPS) is 12.1. The summed E-state index contributed by atoms with van der Waals surface area (Å²) in [5.74, 6) is 0.549. The van der Waals surface area contributed by atoms with Gasteiger partial charge in [0.25, 0.3) is 0 Å². The van der Waals surface area contributed by atoms with E-state index in [1.165, 1.54) is 31.2 Å². The number of hydrogen-bond acceptors (Lipinski definition) is 2. The van der Waals surface area contributed by atoms with Crippen molar-refractivity contribution in [2.24, 2.45) is 5.92 Å². The van der Waals surface area contributed by atoms with Gasteiger partial charge in [-0.3, -0.25) is 0 Å². The standard InChI is InChI=1S/C18H29FN2/c1-15(2)21-13-12-17(14-20-3)7-5-4-6-16-8-10-18(19)11-9-16/h8-11,17,20-21H,1,4-7,12-14H2,2-3H3. The van der Waals surface area contributed by atoms with Crippen LogP contribution >= 0.6 is 0 Å². The van der Waals surface area contributed by atoms with Crippen LogP contribution in [0.15, 0.2) is 36.5 Å². The largest absolute Gasteiger partial charge is 0.389 e. The molecule has 1 rings (SSSR count). The van der Waals surface area contributed by atoms with Gasteiger partial charge in [0.2, 0.25) is 0 Å². The highest BCUT2D eigenvalue weighted by Gasteiger charge is 2.07. The molecule has 0 spiro atoms. The van der Waals surface area contributed by atoms with E-state index >= 15 is 0 Å². The Kier molecular flexibility index (Phi) is 8.76. The molecule has 1 unspecified atom stereocenters. The molecule has 21 heavy (non-hydrogen) atoms. The lowest BCUT2D eigenvalue weighted by Gasteiger charge is -2.17. The summed E-state index contributed by atoms with van der Waals surface area (Å²) in [5, 5.41) is 6.58. The Morgan fingerprint density at radius 1 is 1.19 bits per heavy atom. The number of rotatable bonds is 11. The molecule has 118 valence electrons. The van der Waals surface area contributed by atoms with E-state index in [0.717, 1.165) is 25.2 Å². The maximum atomic E-state index is 12.8. The third-order valence-corrected chi connectivity index (χ3v) is 3.71. The fourth-order valence-corrected chi connectivity index (χ4v) is 2.54. The second-order valence-electron chi connectivity index (χ2n) is 5.79. The van der Waals surface area contributed by atoms with Crippen LogP contribution < -0.4 is 10.6 Å². The van der Waals surface area contributed by atoms with E-state index in [4.69, 9.17) is 0 Å². The van der Waals surface area contributed by atoms with E-state index in [9.17, 15) is 4.39 Å². The maximum Gasteiger partial charge on any atom is 0.123 e. The van der Waals surface area contributed by atoms with Crippen LogP contribution in [0.1, 0.15) is 38.2 Å². The van der Waals surface area contributed by atoms with Gasteiger partial charge in [0.15, 0.2) is 0 Å². The summed E-state index contributed by atoms with van der Waals surface area (Å²) in [5.41, 5.74) is 2.26. The molecule has 2 N–H and O–H groups in total. The van der Waals surface area contributed by atoms with Gasteiger partial charge in [-0.15, -0.1) is 0 Å². The molecule has 0 saturated carbocycles. The smallest absolute Gasteiger partial charge is 0.123 e. The van der Waals surface area contributed by atoms with Crippen molar-refractivity contribution >= 4 is 0 Å². The predicted molar refractivity (Wildman–Crippen MR) is 88.8 cm³/mol. The number of nitrogens with one attached hydrogen (secondary N) is 2. The van der Waals surface area contributed by atoms with Crippen LogP contribution in [0.2, 0.25) is 0 Å². The zero-order chi connectivity index (χ0) is 15.5. The minimum absolute atomic E-state index is 0.155. The van der Waals surface area contributed by atoms with Crippen LogP contribution in [0, 0.1) is 11.7 Å². The lowest BCUT2D eigenvalue weighted by molar-refractivity contribution is 0.410. The van der Waals surface area contributed by atoms with E-state index in [1.807, 2.05) is 26.1 Å². The average molecular weight is 292 g/mol. The number of allylic oxidation sites excluding steroid dienone is 1. The van der Waals surface area contributed by atoms with Gasteiger partial charge in [-0.05, 0) is 69.8 Å². The van der Waals surface area contributed by atoms with Crippen LogP contribution in [-0.4, -0.2) is 20.1 Å². The Labute approximate surface area is 128 Å². The zero-order valence-corrected chi connectivity index (χ0v) is 13.4. The summed E-state index contributed by atoms with van der Waals surface area (Å²) in [6, 6.07) is 6.86. The van der Waals surface area contributed by atoms with E-state index in [1.54, 1.807) is 12.1 Å². The van der Waals surface area contributed by atoms with E-state index < -0.39 is 0 Å². The third kappa shape index (κ3) is 8.51. The molecule has 0 aliphatic rings. The summed E-state index contributed by atoms with van der Waals surface area (Å²) in [6.45, 7) is 7.92. The number of aryl methyl sites for hydroxylation is 1. The van der Waals surface area contributed by atoms with E-state index in [2.05, 4.69) is 17.2 Å². The second kappa shape index (κ2) is 10.4. The highest BCUT2D eigenvalue weighted by molar-refractivity contribution is 5.15. The fraction of sp³-hybridized carbons (Fsp3) is 0.556. The summed E-state index contributed by atoms with van der Waals surface area (Å²) < 4.78 is 12.8. The maximum absolute atomic E-state index is 12.8. The Hall–Kier alpha value is -1.35. The van der Waals surface area contributed by atoms with Crippen molar-refractivity contribution in [3.05, 3.63) is 47.9 Å². The van der Waals surface area contributed by atoms with Crippen LogP contribution in [0.5, 0.6) is 0 Å². The molecular weight excluding hydrogens is 263 g/mol. The molecule has 1 aromatic carbocycles. The van der Waals surface area contributed by atoms with Gasteiger partial charge in [0.1, 0.15) is 5.82 Å². The minimum Gasteiger partial charge on any atom is -0.389 e. The SMILES string of the molecule is C=C(C)NCCC(CCCCc1ccc(F)cc1)CNC. The van der Waals surface area contributed by atoms with Crippen molar-refractivity contribution in [2.45, 2.75) is 39.0 Å². The summed E-state index contributed by atoms with van der Waals surface area (Å²) in [7, 11) is 2.01. The molecule has 0 amide bonds. The van der Waals surface area contributed by atoms with Crippen LogP contribution in [0.4, 0.5) is 4.39 Å². The molecular formula is C18H29FN2. The first-order valence-electron chi connectivity index (χ1n) is 7.90. The molecule has 0 heterocycles. The Morgan fingerprint density at radius 2 is 1.90 bits per heavy atom. The lowest BCUT2D eigenvalue weighted by Crippen LogP contribution is -2.23. The highest BCUT2D eigenvalue weighted by atomic mass is 19.1. The molecule has 0 bridgehead atoms. The van der Waals surface area contributed by atoms with Crippen molar-refractivity contribution in [2.75, 3.05) is 20.1 Å². The van der Waals surface area contributed by atoms with Gasteiger partial charge in [-0.2, -0.15) is 0 Å². The van der Waals surface area contributed by atoms with Gasteiger partial charge in [0, 0.05) is 12.2 Å². The van der Waals surface area contributed by atoms with Gasteiger partial charge in [0.05, 0.1) is 0 Å². The summed E-state index contributed by atoms with van der Waals surface area (Å²) in [4.78, 5) is 0. The molecule has 0 aliphatic carbocycles. The fourth-order valence-electron chi connectivity index (χ4n) is 2.54. The molecule has 1 atom stereocenters. The average Bonchev–Trinajstić information content (AvgIpc) is 2.45. The van der Waals surface area contributed by atoms with Crippen molar-refractivity contribution in [1.29, 1.82) is 0 Å². The van der Waals surface area contributed by atoms with Crippen molar-refractivity contribution in [3.63, 3.8) is 0 Å². The topological polar surface area (TPSA) is 24.1 Å². The van der Waals surface area contributed by atoms with Gasteiger partial charge >= 0.3 is 0 Å². The summed E-state index contributed by atoms with van der Waals surface area (Å²) >= 11 is 0. The zero-order valence-electron chi connectivity index (χ0n) is 13.4. The Bertz CT molecular complexity index is 400. The van der Waals surface area contributed by atoms with Crippen molar-refractivity contribution in [1.82, 2.24) is 10.6 Å². The molecule has 0 saturated heterocycles. The molecule has 0 radical (unpaired) electrons. The molecule has 2 nitrogen and oxygen atoms in total. The quantitative estimate of drug-likeness (QED) is 0.605. The number of halogens is 1. The Balaban J connectivity index is 2.20. The molecule has 0 aromatic heterocycles. The van der Waals surface area contributed by atoms with Crippen molar-refractivity contribution < 1.29 is 4.39 Å². The van der Waals surface area contributed by atoms with Gasteiger partial charge < -0.3 is 10.6 Å². The number of benzene rings is 1. The first kappa shape index (κ1) is 17.7. The highest BCUT2D eigenvalue weighted by Crippen LogP contribution is 2.14. The van der Waals surface area contributed by atoms with Crippen molar-refractivity contribution in [3.8, 4) is 0 Å². The molecule has 0 aliphatic heterocycles. The Morgan fingerprint density at radius 3 is 2.52 bits per heavy atom. The van der Waals surface area contributed by atoms with E-state index in [0.29, 0.717) is 5.92 Å². The molecule has 3 heteroatoms. The first-order chi connectivity index (χ1) is 10.1. The second-order valence-corrected chi connectivity index (χ2v) is 5.79. The molecule has 0 fully saturated rings. The lowest BCUT2D eigenvalue weighted by atomic mass is 9.96. The molecule has 1 aromatic rings. The predicted octanol–water partition coefficient (Wildman–Crippen LogP) is 3.89. The number of hydrogen-bond donors (Lipinski definition) is 2. The summed E-state index contributed by atoms with van der Waals surface area (Å²) in [6.07, 6.45) is 5.83. The monoisotopic (exact) mass is 292 g/mol. The first-order valence-corrected chi connectivity index (χ1v) is 7.90. The third-order valence-electron chi connectivity index (χ3n) is 3.71. The van der Waals surface area contributed by atoms with Crippen LogP contribution in [0.3, 0.4) is 0 Å². The van der Waals surface area contributed by atoms with Crippen LogP contribution in [-0.2, 0) is 6.42 Å². The van der Waals surface area contributed by atoms with Gasteiger partial charge in [-0.1, -0.05) is 25.1 Å². The van der Waals surface area contributed by atoms with E-state index in [-0.39, 0.29) is 5.82 Å².